The van der Waals surface area contributed by atoms with E-state index in [0.717, 1.165) is 6.42 Å². The maximum atomic E-state index is 12.1. The number of nitrogens with zero attached hydrogens (tertiary/aromatic N) is 1. The lowest BCUT2D eigenvalue weighted by Gasteiger charge is -2.26. The minimum atomic E-state index is -0.451. The third-order valence-corrected chi connectivity index (χ3v) is 3.91. The summed E-state index contributed by atoms with van der Waals surface area (Å²) in [5, 5.41) is 12.9. The molecular formula is C15H22N2O2. The third kappa shape index (κ3) is 3.33. The molecule has 0 aliphatic carbocycles. The zero-order valence-electron chi connectivity index (χ0n) is 11.6. The zero-order valence-corrected chi connectivity index (χ0v) is 11.6. The highest BCUT2D eigenvalue weighted by molar-refractivity contribution is 5.76. The molecule has 2 N–H and O–H groups in total. The van der Waals surface area contributed by atoms with Crippen LogP contribution >= 0.6 is 0 Å². The number of amides is 1. The van der Waals surface area contributed by atoms with E-state index >= 15 is 0 Å². The van der Waals surface area contributed by atoms with Crippen molar-refractivity contribution < 1.29 is 9.90 Å². The Bertz CT molecular complexity index is 448. The molecule has 0 spiro atoms. The van der Waals surface area contributed by atoms with E-state index in [-0.39, 0.29) is 11.9 Å². The molecule has 1 saturated heterocycles. The predicted octanol–water partition coefficient (Wildman–Crippen LogP) is 0.719. The molecular weight excluding hydrogens is 240 g/mol. The minimum absolute atomic E-state index is 0.0932. The molecule has 104 valence electrons. The van der Waals surface area contributed by atoms with Crippen LogP contribution in [0.5, 0.6) is 0 Å². The number of aryl methyl sites for hydroxylation is 2. The van der Waals surface area contributed by atoms with Crippen LogP contribution in [0.4, 0.5) is 0 Å². The van der Waals surface area contributed by atoms with Crippen LogP contribution in [-0.4, -0.2) is 48.2 Å². The molecule has 1 amide bonds. The number of likely N-dealkylation sites (N-methyl/N-ethyl adjacent to an activating group) is 1. The maximum Gasteiger partial charge on any atom is 0.223 e. The second kappa shape index (κ2) is 6.17. The SMILES string of the molecule is Cc1ccccc1CCC(=O)N(C)[C@H]1CNC[C@@H]1O. The van der Waals surface area contributed by atoms with E-state index in [1.54, 1.807) is 11.9 Å². The summed E-state index contributed by atoms with van der Waals surface area (Å²) in [6, 6.07) is 8.04. The number of β-amino-alcohol motifs (C(OH)–C–C–N with tert-alkyl or cyclic N) is 1. The zero-order chi connectivity index (χ0) is 13.8. The Morgan fingerprint density at radius 3 is 2.79 bits per heavy atom. The Hall–Kier alpha value is -1.39. The van der Waals surface area contributed by atoms with Crippen molar-refractivity contribution in [3.63, 3.8) is 0 Å². The lowest BCUT2D eigenvalue weighted by molar-refractivity contribution is -0.133. The van der Waals surface area contributed by atoms with Gasteiger partial charge in [0.2, 0.25) is 5.91 Å². The molecule has 19 heavy (non-hydrogen) atoms. The number of carbonyl (C=O) groups is 1. The second-order valence-corrected chi connectivity index (χ2v) is 5.22. The molecule has 0 saturated carbocycles. The number of nitrogens with one attached hydrogen (secondary N) is 1. The first-order valence-electron chi connectivity index (χ1n) is 6.78. The predicted molar refractivity (Wildman–Crippen MR) is 74.9 cm³/mol. The van der Waals surface area contributed by atoms with Crippen molar-refractivity contribution in [3.8, 4) is 0 Å². The normalized spacial score (nSPS) is 22.5. The van der Waals surface area contributed by atoms with E-state index in [1.165, 1.54) is 11.1 Å². The van der Waals surface area contributed by atoms with Gasteiger partial charge in [0.05, 0.1) is 12.1 Å². The molecule has 0 radical (unpaired) electrons. The summed E-state index contributed by atoms with van der Waals surface area (Å²) >= 11 is 0. The summed E-state index contributed by atoms with van der Waals surface area (Å²) < 4.78 is 0. The Morgan fingerprint density at radius 1 is 1.42 bits per heavy atom. The molecule has 1 aliphatic heterocycles. The Kier molecular flexibility index (Phi) is 4.56. The average Bonchev–Trinajstić information content (AvgIpc) is 2.83. The van der Waals surface area contributed by atoms with Gasteiger partial charge in [-0.2, -0.15) is 0 Å². The van der Waals surface area contributed by atoms with Gasteiger partial charge in [-0.1, -0.05) is 24.3 Å². The van der Waals surface area contributed by atoms with Gasteiger partial charge in [-0.25, -0.2) is 0 Å². The van der Waals surface area contributed by atoms with Gasteiger partial charge in [0, 0.05) is 26.6 Å². The highest BCUT2D eigenvalue weighted by Gasteiger charge is 2.30. The van der Waals surface area contributed by atoms with Crippen molar-refractivity contribution in [2.75, 3.05) is 20.1 Å². The van der Waals surface area contributed by atoms with Gasteiger partial charge in [-0.05, 0) is 24.5 Å². The highest BCUT2D eigenvalue weighted by atomic mass is 16.3. The number of aliphatic hydroxyl groups excluding tert-OH is 1. The minimum Gasteiger partial charge on any atom is -0.390 e. The van der Waals surface area contributed by atoms with E-state index in [2.05, 4.69) is 24.4 Å². The Morgan fingerprint density at radius 2 is 2.16 bits per heavy atom. The third-order valence-electron chi connectivity index (χ3n) is 3.91. The summed E-state index contributed by atoms with van der Waals surface area (Å²) in [6.07, 6.45) is 0.795. The van der Waals surface area contributed by atoms with Crippen molar-refractivity contribution in [1.29, 1.82) is 0 Å². The smallest absolute Gasteiger partial charge is 0.223 e. The number of hydrogen-bond donors (Lipinski definition) is 2. The fourth-order valence-corrected chi connectivity index (χ4v) is 2.54. The van der Waals surface area contributed by atoms with Crippen LogP contribution in [0.1, 0.15) is 17.5 Å². The van der Waals surface area contributed by atoms with Gasteiger partial charge in [0.1, 0.15) is 0 Å². The Labute approximate surface area is 114 Å². The summed E-state index contributed by atoms with van der Waals surface area (Å²) in [5.41, 5.74) is 2.44. The van der Waals surface area contributed by atoms with Gasteiger partial charge in [0.25, 0.3) is 0 Å². The molecule has 4 heteroatoms. The summed E-state index contributed by atoms with van der Waals surface area (Å²) in [4.78, 5) is 13.8. The number of benzene rings is 1. The van der Waals surface area contributed by atoms with Crippen LogP contribution < -0.4 is 5.32 Å². The van der Waals surface area contributed by atoms with Crippen LogP contribution in [0.15, 0.2) is 24.3 Å². The molecule has 0 unspecified atom stereocenters. The lowest BCUT2D eigenvalue weighted by Crippen LogP contribution is -2.44. The molecule has 1 fully saturated rings. The van der Waals surface area contributed by atoms with Crippen LogP contribution in [-0.2, 0) is 11.2 Å². The summed E-state index contributed by atoms with van der Waals surface area (Å²) in [7, 11) is 1.78. The molecule has 4 nitrogen and oxygen atoms in total. The standard InChI is InChI=1S/C15H22N2O2/c1-11-5-3-4-6-12(11)7-8-15(19)17(2)13-9-16-10-14(13)18/h3-6,13-14,16,18H,7-10H2,1-2H3/t13-,14-/m0/s1. The van der Waals surface area contributed by atoms with Crippen LogP contribution in [0.25, 0.3) is 0 Å². The number of rotatable bonds is 4. The topological polar surface area (TPSA) is 52.6 Å². The first-order valence-corrected chi connectivity index (χ1v) is 6.78. The number of aliphatic hydroxyl groups is 1. The molecule has 1 heterocycles. The number of carbonyl (C=O) groups excluding carboxylic acids is 1. The first kappa shape index (κ1) is 14.0. The molecule has 1 aromatic rings. The van der Waals surface area contributed by atoms with Crippen molar-refractivity contribution in [2.45, 2.75) is 31.9 Å². The van der Waals surface area contributed by atoms with E-state index in [9.17, 15) is 9.90 Å². The first-order chi connectivity index (χ1) is 9.09. The van der Waals surface area contributed by atoms with Crippen molar-refractivity contribution in [1.82, 2.24) is 10.2 Å². The van der Waals surface area contributed by atoms with Gasteiger partial charge in [-0.3, -0.25) is 4.79 Å². The Balaban J connectivity index is 1.89. The lowest BCUT2D eigenvalue weighted by atomic mass is 10.0. The van der Waals surface area contributed by atoms with E-state index in [0.29, 0.717) is 19.5 Å². The second-order valence-electron chi connectivity index (χ2n) is 5.22. The van der Waals surface area contributed by atoms with Crippen molar-refractivity contribution >= 4 is 5.91 Å². The van der Waals surface area contributed by atoms with E-state index < -0.39 is 6.10 Å². The van der Waals surface area contributed by atoms with Crippen molar-refractivity contribution in [2.24, 2.45) is 0 Å². The summed E-state index contributed by atoms with van der Waals surface area (Å²) in [6.45, 7) is 3.31. The monoisotopic (exact) mass is 262 g/mol. The van der Waals surface area contributed by atoms with E-state index in [4.69, 9.17) is 0 Å². The average molecular weight is 262 g/mol. The van der Waals surface area contributed by atoms with Crippen LogP contribution in [0.3, 0.4) is 0 Å². The molecule has 2 rings (SSSR count). The van der Waals surface area contributed by atoms with Gasteiger partial charge < -0.3 is 15.3 Å². The molecule has 1 aromatic carbocycles. The number of hydrogen-bond acceptors (Lipinski definition) is 3. The molecule has 2 atom stereocenters. The van der Waals surface area contributed by atoms with E-state index in [1.807, 2.05) is 12.1 Å². The van der Waals surface area contributed by atoms with Crippen LogP contribution in [0, 0.1) is 6.92 Å². The fraction of sp³-hybridized carbons (Fsp3) is 0.533. The molecule has 0 aromatic heterocycles. The molecule has 1 aliphatic rings. The quantitative estimate of drug-likeness (QED) is 0.840. The fourth-order valence-electron chi connectivity index (χ4n) is 2.54. The summed E-state index contributed by atoms with van der Waals surface area (Å²) in [5.74, 6) is 0.0935. The van der Waals surface area contributed by atoms with Crippen molar-refractivity contribution in [3.05, 3.63) is 35.4 Å². The van der Waals surface area contributed by atoms with Gasteiger partial charge >= 0.3 is 0 Å². The van der Waals surface area contributed by atoms with Gasteiger partial charge in [0.15, 0.2) is 0 Å². The largest absolute Gasteiger partial charge is 0.390 e. The maximum absolute atomic E-state index is 12.1. The van der Waals surface area contributed by atoms with Crippen LogP contribution in [0.2, 0.25) is 0 Å². The van der Waals surface area contributed by atoms with Gasteiger partial charge in [-0.15, -0.1) is 0 Å². The molecule has 0 bridgehead atoms. The highest BCUT2D eigenvalue weighted by Crippen LogP contribution is 2.13.